The number of hydrogen-bond acceptors (Lipinski definition) is 6. The van der Waals surface area contributed by atoms with Crippen molar-refractivity contribution in [2.75, 3.05) is 51.5 Å². The number of ether oxygens (including phenoxy) is 2. The number of rotatable bonds is 7. The molecule has 1 amide bonds. The van der Waals surface area contributed by atoms with Crippen LogP contribution in [0.3, 0.4) is 0 Å². The van der Waals surface area contributed by atoms with Crippen molar-refractivity contribution in [2.45, 2.75) is 6.42 Å². The third-order valence-electron chi connectivity index (χ3n) is 3.60. The number of hydrogen-bond donors (Lipinski definition) is 1. The molecule has 1 aromatic carbocycles. The lowest BCUT2D eigenvalue weighted by atomic mass is 10.1. The van der Waals surface area contributed by atoms with Gasteiger partial charge in [-0.25, -0.2) is 0 Å². The second-order valence-corrected chi connectivity index (χ2v) is 5.16. The molecule has 2 rings (SSSR count). The van der Waals surface area contributed by atoms with Crippen molar-refractivity contribution in [3.63, 3.8) is 0 Å². The zero-order valence-corrected chi connectivity index (χ0v) is 13.1. The molecule has 1 heterocycles. The van der Waals surface area contributed by atoms with Crippen molar-refractivity contribution in [1.82, 2.24) is 5.32 Å². The van der Waals surface area contributed by atoms with E-state index < -0.39 is 4.92 Å². The molecule has 1 aliphatic heterocycles. The lowest BCUT2D eigenvalue weighted by molar-refractivity contribution is -0.384. The number of non-ortho nitro benzene ring substituents is 1. The van der Waals surface area contributed by atoms with Gasteiger partial charge in [-0.1, -0.05) is 0 Å². The summed E-state index contributed by atoms with van der Waals surface area (Å²) in [6.07, 6.45) is 0.685. The maximum atomic E-state index is 12.4. The van der Waals surface area contributed by atoms with Gasteiger partial charge in [-0.15, -0.1) is 0 Å². The van der Waals surface area contributed by atoms with Crippen molar-refractivity contribution in [3.05, 3.63) is 33.9 Å². The van der Waals surface area contributed by atoms with Crippen LogP contribution in [0.15, 0.2) is 18.2 Å². The molecule has 0 atom stereocenters. The van der Waals surface area contributed by atoms with Crippen LogP contribution in [0.5, 0.6) is 0 Å². The number of anilines is 1. The number of methoxy groups -OCH3 is 1. The van der Waals surface area contributed by atoms with Crippen LogP contribution >= 0.6 is 0 Å². The topological polar surface area (TPSA) is 93.9 Å². The van der Waals surface area contributed by atoms with Gasteiger partial charge >= 0.3 is 0 Å². The van der Waals surface area contributed by atoms with Crippen LogP contribution in [-0.2, 0) is 9.47 Å². The molecule has 0 saturated carbocycles. The van der Waals surface area contributed by atoms with Gasteiger partial charge in [0.2, 0.25) is 0 Å². The van der Waals surface area contributed by atoms with E-state index >= 15 is 0 Å². The number of nitrogens with one attached hydrogen (secondary N) is 1. The molecular formula is C15H21N3O5. The molecule has 0 aliphatic carbocycles. The van der Waals surface area contributed by atoms with E-state index in [1.807, 2.05) is 4.90 Å². The van der Waals surface area contributed by atoms with E-state index in [0.717, 1.165) is 0 Å². The molecule has 1 aromatic rings. The van der Waals surface area contributed by atoms with Gasteiger partial charge in [0.25, 0.3) is 11.6 Å². The van der Waals surface area contributed by atoms with Crippen molar-refractivity contribution in [2.24, 2.45) is 0 Å². The molecule has 1 saturated heterocycles. The summed E-state index contributed by atoms with van der Waals surface area (Å²) in [5, 5.41) is 13.8. The molecule has 8 nitrogen and oxygen atoms in total. The van der Waals surface area contributed by atoms with Crippen LogP contribution in [0.1, 0.15) is 16.8 Å². The third-order valence-corrected chi connectivity index (χ3v) is 3.60. The SMILES string of the molecule is COCCCNC(=O)c1cc([N+](=O)[O-])ccc1N1CCOCC1. The van der Waals surface area contributed by atoms with Gasteiger partial charge in [0, 0.05) is 45.5 Å². The van der Waals surface area contributed by atoms with Crippen LogP contribution in [0, 0.1) is 10.1 Å². The summed E-state index contributed by atoms with van der Waals surface area (Å²) in [7, 11) is 1.60. The molecule has 23 heavy (non-hydrogen) atoms. The lowest BCUT2D eigenvalue weighted by Crippen LogP contribution is -2.38. The minimum absolute atomic E-state index is 0.0935. The lowest BCUT2D eigenvalue weighted by Gasteiger charge is -2.30. The Morgan fingerprint density at radius 1 is 1.43 bits per heavy atom. The fourth-order valence-corrected chi connectivity index (χ4v) is 2.41. The van der Waals surface area contributed by atoms with E-state index in [4.69, 9.17) is 9.47 Å². The Kier molecular flexibility index (Phi) is 6.30. The monoisotopic (exact) mass is 323 g/mol. The quantitative estimate of drug-likeness (QED) is 0.460. The summed E-state index contributed by atoms with van der Waals surface area (Å²) < 4.78 is 10.2. The van der Waals surface area contributed by atoms with Crippen LogP contribution in [-0.4, -0.2) is 57.4 Å². The van der Waals surface area contributed by atoms with Crippen molar-refractivity contribution in [3.8, 4) is 0 Å². The summed E-state index contributed by atoms with van der Waals surface area (Å²) in [6.45, 7) is 3.46. The van der Waals surface area contributed by atoms with Crippen molar-refractivity contribution in [1.29, 1.82) is 0 Å². The fourth-order valence-electron chi connectivity index (χ4n) is 2.41. The molecule has 126 valence electrons. The molecule has 0 unspecified atom stereocenters. The van der Waals surface area contributed by atoms with Gasteiger partial charge in [0.15, 0.2) is 0 Å². The molecule has 1 N–H and O–H groups in total. The molecular weight excluding hydrogens is 302 g/mol. The molecule has 1 fully saturated rings. The van der Waals surface area contributed by atoms with E-state index in [9.17, 15) is 14.9 Å². The Morgan fingerprint density at radius 3 is 2.83 bits per heavy atom. The summed E-state index contributed by atoms with van der Waals surface area (Å²) in [5.74, 6) is -0.314. The average molecular weight is 323 g/mol. The van der Waals surface area contributed by atoms with Gasteiger partial charge < -0.3 is 19.7 Å². The Morgan fingerprint density at radius 2 is 2.17 bits per heavy atom. The van der Waals surface area contributed by atoms with Crippen LogP contribution in [0.2, 0.25) is 0 Å². The highest BCUT2D eigenvalue weighted by Gasteiger charge is 2.21. The first-order valence-corrected chi connectivity index (χ1v) is 7.51. The zero-order valence-electron chi connectivity index (χ0n) is 13.1. The molecule has 0 spiro atoms. The minimum Gasteiger partial charge on any atom is -0.385 e. The van der Waals surface area contributed by atoms with Crippen LogP contribution in [0.4, 0.5) is 11.4 Å². The van der Waals surface area contributed by atoms with E-state index in [1.54, 1.807) is 13.2 Å². The van der Waals surface area contributed by atoms with Gasteiger partial charge in [-0.05, 0) is 12.5 Å². The number of morpholine rings is 1. The number of benzene rings is 1. The van der Waals surface area contributed by atoms with E-state index in [1.165, 1.54) is 12.1 Å². The van der Waals surface area contributed by atoms with Crippen molar-refractivity contribution < 1.29 is 19.2 Å². The Balaban J connectivity index is 2.19. The number of nitro groups is 1. The summed E-state index contributed by atoms with van der Waals surface area (Å²) in [6, 6.07) is 4.39. The highest BCUT2D eigenvalue weighted by Crippen LogP contribution is 2.26. The van der Waals surface area contributed by atoms with E-state index in [-0.39, 0.29) is 11.6 Å². The van der Waals surface area contributed by atoms with Gasteiger partial charge in [-0.2, -0.15) is 0 Å². The van der Waals surface area contributed by atoms with E-state index in [0.29, 0.717) is 57.1 Å². The molecule has 0 aromatic heterocycles. The predicted octanol–water partition coefficient (Wildman–Crippen LogP) is 1.20. The highest BCUT2D eigenvalue weighted by atomic mass is 16.6. The smallest absolute Gasteiger partial charge is 0.270 e. The van der Waals surface area contributed by atoms with E-state index in [2.05, 4.69) is 5.32 Å². The summed E-state index contributed by atoms with van der Waals surface area (Å²) >= 11 is 0. The third kappa shape index (κ3) is 4.64. The van der Waals surface area contributed by atoms with Crippen LogP contribution in [0.25, 0.3) is 0 Å². The minimum atomic E-state index is -0.495. The Labute approximate surface area is 134 Å². The van der Waals surface area contributed by atoms with Gasteiger partial charge in [-0.3, -0.25) is 14.9 Å². The molecule has 0 radical (unpaired) electrons. The largest absolute Gasteiger partial charge is 0.385 e. The highest BCUT2D eigenvalue weighted by molar-refractivity contribution is 6.00. The zero-order chi connectivity index (χ0) is 16.7. The number of amides is 1. The van der Waals surface area contributed by atoms with Crippen LogP contribution < -0.4 is 10.2 Å². The second-order valence-electron chi connectivity index (χ2n) is 5.16. The normalized spacial score (nSPS) is 14.6. The Bertz CT molecular complexity index is 558. The van der Waals surface area contributed by atoms with Gasteiger partial charge in [0.05, 0.1) is 29.4 Å². The first kappa shape index (κ1) is 17.2. The maximum absolute atomic E-state index is 12.4. The number of carbonyl (C=O) groups is 1. The second kappa shape index (κ2) is 8.44. The predicted molar refractivity (Wildman–Crippen MR) is 85.0 cm³/mol. The number of nitro benzene ring substituents is 1. The summed E-state index contributed by atoms with van der Waals surface area (Å²) in [4.78, 5) is 24.9. The number of nitrogens with zero attached hydrogens (tertiary/aromatic N) is 2. The maximum Gasteiger partial charge on any atom is 0.270 e. The Hall–Kier alpha value is -2.19. The number of carbonyl (C=O) groups excluding carboxylic acids is 1. The molecule has 1 aliphatic rings. The molecule has 8 heteroatoms. The van der Waals surface area contributed by atoms with Crippen molar-refractivity contribution >= 4 is 17.3 Å². The summed E-state index contributed by atoms with van der Waals surface area (Å²) in [5.41, 5.74) is 0.922. The standard InChI is InChI=1S/C15H21N3O5/c1-22-8-2-5-16-15(19)13-11-12(18(20)21)3-4-14(13)17-6-9-23-10-7-17/h3-4,11H,2,5-10H2,1H3,(H,16,19). The first-order chi connectivity index (χ1) is 11.1. The first-order valence-electron chi connectivity index (χ1n) is 7.51. The molecule has 0 bridgehead atoms. The fraction of sp³-hybridized carbons (Fsp3) is 0.533. The average Bonchev–Trinajstić information content (AvgIpc) is 2.58. The van der Waals surface area contributed by atoms with Gasteiger partial charge in [0.1, 0.15) is 0 Å².